The van der Waals surface area contributed by atoms with Gasteiger partial charge in [-0.05, 0) is 37.6 Å². The molecule has 33 heavy (non-hydrogen) atoms. The van der Waals surface area contributed by atoms with Gasteiger partial charge >= 0.3 is 0 Å². The van der Waals surface area contributed by atoms with Crippen molar-refractivity contribution in [1.29, 1.82) is 0 Å². The molecule has 0 radical (unpaired) electrons. The van der Waals surface area contributed by atoms with E-state index in [0.29, 0.717) is 40.9 Å². The SMILES string of the molecule is COc1cccc(CNC(=O)Cn2ncc3c(C)n(Cc4ccccc4F)c(C)c3c2=O)c1. The van der Waals surface area contributed by atoms with Crippen molar-refractivity contribution in [3.63, 3.8) is 0 Å². The molecule has 0 saturated heterocycles. The highest BCUT2D eigenvalue weighted by atomic mass is 19.1. The molecule has 0 spiro atoms. The van der Waals surface area contributed by atoms with Gasteiger partial charge in [0.2, 0.25) is 5.91 Å². The second-order valence-electron chi connectivity index (χ2n) is 7.87. The first-order valence-corrected chi connectivity index (χ1v) is 10.6. The van der Waals surface area contributed by atoms with Gasteiger partial charge in [-0.1, -0.05) is 30.3 Å². The minimum absolute atomic E-state index is 0.199. The number of halogens is 1. The molecule has 4 rings (SSSR count). The van der Waals surface area contributed by atoms with E-state index in [4.69, 9.17) is 4.74 Å². The number of nitrogens with zero attached hydrogens (tertiary/aromatic N) is 3. The summed E-state index contributed by atoms with van der Waals surface area (Å²) in [7, 11) is 1.58. The number of hydrogen-bond donors (Lipinski definition) is 1. The maximum absolute atomic E-state index is 14.2. The number of rotatable bonds is 7. The van der Waals surface area contributed by atoms with E-state index in [9.17, 15) is 14.0 Å². The van der Waals surface area contributed by atoms with Gasteiger partial charge in [0.05, 0.1) is 25.2 Å². The topological polar surface area (TPSA) is 78.2 Å². The van der Waals surface area contributed by atoms with Crippen molar-refractivity contribution in [1.82, 2.24) is 19.7 Å². The van der Waals surface area contributed by atoms with Crippen LogP contribution in [0.4, 0.5) is 4.39 Å². The minimum atomic E-state index is -0.350. The Hall–Kier alpha value is -3.94. The molecule has 1 amide bonds. The van der Waals surface area contributed by atoms with Gasteiger partial charge in [0, 0.05) is 28.9 Å². The van der Waals surface area contributed by atoms with Gasteiger partial charge in [-0.15, -0.1) is 0 Å². The van der Waals surface area contributed by atoms with Crippen LogP contribution in [0.25, 0.3) is 10.8 Å². The van der Waals surface area contributed by atoms with Crippen LogP contribution in [0.1, 0.15) is 22.5 Å². The van der Waals surface area contributed by atoms with Crippen molar-refractivity contribution < 1.29 is 13.9 Å². The lowest BCUT2D eigenvalue weighted by Gasteiger charge is -2.10. The fraction of sp³-hybridized carbons (Fsp3) is 0.240. The van der Waals surface area contributed by atoms with Crippen LogP contribution in [-0.4, -0.2) is 27.4 Å². The maximum atomic E-state index is 14.2. The number of ether oxygens (including phenoxy) is 1. The summed E-state index contributed by atoms with van der Waals surface area (Å²) in [6.07, 6.45) is 1.59. The summed E-state index contributed by atoms with van der Waals surface area (Å²) in [6.45, 7) is 4.12. The van der Waals surface area contributed by atoms with Gasteiger partial charge < -0.3 is 14.6 Å². The summed E-state index contributed by atoms with van der Waals surface area (Å²) >= 11 is 0. The molecule has 2 aromatic carbocycles. The van der Waals surface area contributed by atoms with E-state index < -0.39 is 0 Å². The first kappa shape index (κ1) is 22.3. The number of aromatic nitrogens is 3. The average Bonchev–Trinajstić information content (AvgIpc) is 3.06. The van der Waals surface area contributed by atoms with E-state index in [-0.39, 0.29) is 23.8 Å². The van der Waals surface area contributed by atoms with E-state index in [1.165, 1.54) is 6.07 Å². The second kappa shape index (κ2) is 9.28. The standard InChI is InChI=1S/C25H25FN4O3/c1-16-21-13-28-30(15-23(31)27-12-18-7-6-9-20(11-18)33-3)25(32)24(21)17(2)29(16)14-19-8-4-5-10-22(19)26/h4-11,13H,12,14-15H2,1-3H3,(H,27,31). The molecule has 0 bridgehead atoms. The molecule has 8 heteroatoms. The average molecular weight is 448 g/mol. The number of carbonyl (C=O) groups excluding carboxylic acids is 1. The predicted molar refractivity (Wildman–Crippen MR) is 124 cm³/mol. The number of fused-ring (bicyclic) bond motifs is 1. The summed E-state index contributed by atoms with van der Waals surface area (Å²) in [4.78, 5) is 25.6. The Balaban J connectivity index is 1.56. The Kier molecular flexibility index (Phi) is 6.26. The fourth-order valence-electron chi connectivity index (χ4n) is 3.97. The van der Waals surface area contributed by atoms with E-state index in [0.717, 1.165) is 15.9 Å². The van der Waals surface area contributed by atoms with E-state index in [2.05, 4.69) is 10.4 Å². The number of methoxy groups -OCH3 is 1. The Morgan fingerprint density at radius 1 is 1.12 bits per heavy atom. The van der Waals surface area contributed by atoms with Crippen molar-refractivity contribution in [3.8, 4) is 5.75 Å². The molecular formula is C25H25FN4O3. The fourth-order valence-corrected chi connectivity index (χ4v) is 3.97. The van der Waals surface area contributed by atoms with Crippen LogP contribution in [-0.2, 0) is 24.4 Å². The zero-order chi connectivity index (χ0) is 23.5. The van der Waals surface area contributed by atoms with Crippen molar-refractivity contribution in [2.45, 2.75) is 33.5 Å². The first-order valence-electron chi connectivity index (χ1n) is 10.6. The van der Waals surface area contributed by atoms with Gasteiger partial charge in [-0.25, -0.2) is 9.07 Å². The molecule has 7 nitrogen and oxygen atoms in total. The van der Waals surface area contributed by atoms with Crippen LogP contribution in [0.15, 0.2) is 59.5 Å². The summed E-state index contributed by atoms with van der Waals surface area (Å²) in [5.41, 5.74) is 2.61. The molecule has 2 aromatic heterocycles. The number of nitrogens with one attached hydrogen (secondary N) is 1. The third kappa shape index (κ3) is 4.50. The molecule has 0 fully saturated rings. The molecule has 0 atom stereocenters. The lowest BCUT2D eigenvalue weighted by molar-refractivity contribution is -0.122. The van der Waals surface area contributed by atoms with Gasteiger partial charge in [-0.3, -0.25) is 9.59 Å². The van der Waals surface area contributed by atoms with Crippen LogP contribution >= 0.6 is 0 Å². The minimum Gasteiger partial charge on any atom is -0.497 e. The van der Waals surface area contributed by atoms with Gasteiger partial charge in [0.15, 0.2) is 0 Å². The molecule has 4 aromatic rings. The Labute approximate surface area is 190 Å². The van der Waals surface area contributed by atoms with Crippen LogP contribution in [0.3, 0.4) is 0 Å². The molecule has 0 aliphatic carbocycles. The highest BCUT2D eigenvalue weighted by molar-refractivity contribution is 5.87. The van der Waals surface area contributed by atoms with Crippen LogP contribution in [0, 0.1) is 19.7 Å². The Bertz CT molecular complexity index is 1390. The molecule has 0 aliphatic heterocycles. The number of aryl methyl sites for hydroxylation is 2. The first-order chi connectivity index (χ1) is 15.9. The summed E-state index contributed by atoms with van der Waals surface area (Å²) in [5, 5.41) is 8.19. The van der Waals surface area contributed by atoms with Crippen molar-refractivity contribution in [2.75, 3.05) is 7.11 Å². The smallest absolute Gasteiger partial charge is 0.276 e. The van der Waals surface area contributed by atoms with Crippen LogP contribution in [0.5, 0.6) is 5.75 Å². The quantitative estimate of drug-likeness (QED) is 0.471. The van der Waals surface area contributed by atoms with Crippen LogP contribution < -0.4 is 15.6 Å². The van der Waals surface area contributed by atoms with E-state index >= 15 is 0 Å². The Morgan fingerprint density at radius 3 is 2.67 bits per heavy atom. The second-order valence-corrected chi connectivity index (χ2v) is 7.87. The monoisotopic (exact) mass is 448 g/mol. The third-order valence-corrected chi connectivity index (χ3v) is 5.81. The zero-order valence-corrected chi connectivity index (χ0v) is 18.8. The van der Waals surface area contributed by atoms with Crippen LogP contribution in [0.2, 0.25) is 0 Å². The maximum Gasteiger partial charge on any atom is 0.276 e. The highest BCUT2D eigenvalue weighted by Gasteiger charge is 2.18. The molecule has 0 saturated carbocycles. The third-order valence-electron chi connectivity index (χ3n) is 5.81. The number of hydrogen-bond acceptors (Lipinski definition) is 4. The molecule has 0 unspecified atom stereocenters. The van der Waals surface area contributed by atoms with E-state index in [1.54, 1.807) is 31.5 Å². The Morgan fingerprint density at radius 2 is 1.91 bits per heavy atom. The van der Waals surface area contributed by atoms with Gasteiger partial charge in [-0.2, -0.15) is 5.10 Å². The molecule has 2 heterocycles. The largest absolute Gasteiger partial charge is 0.497 e. The summed E-state index contributed by atoms with van der Waals surface area (Å²) < 4.78 is 22.4. The number of carbonyl (C=O) groups is 1. The van der Waals surface area contributed by atoms with Gasteiger partial charge in [0.1, 0.15) is 18.1 Å². The lowest BCUT2D eigenvalue weighted by Crippen LogP contribution is -2.33. The number of amides is 1. The summed E-state index contributed by atoms with van der Waals surface area (Å²) in [5.74, 6) is 0.0834. The number of benzene rings is 2. The normalized spacial score (nSPS) is 11.0. The lowest BCUT2D eigenvalue weighted by atomic mass is 10.2. The molecule has 1 N–H and O–H groups in total. The molecule has 170 valence electrons. The molecule has 0 aliphatic rings. The summed E-state index contributed by atoms with van der Waals surface area (Å²) in [6, 6.07) is 14.0. The van der Waals surface area contributed by atoms with Crippen molar-refractivity contribution >= 4 is 16.7 Å². The highest BCUT2D eigenvalue weighted by Crippen LogP contribution is 2.23. The predicted octanol–water partition coefficient (Wildman–Crippen LogP) is 3.33. The van der Waals surface area contributed by atoms with E-state index in [1.807, 2.05) is 42.7 Å². The van der Waals surface area contributed by atoms with Crippen molar-refractivity contribution in [3.05, 3.63) is 93.4 Å². The molecular weight excluding hydrogens is 423 g/mol. The van der Waals surface area contributed by atoms with Gasteiger partial charge in [0.25, 0.3) is 5.56 Å². The zero-order valence-electron chi connectivity index (χ0n) is 18.8. The van der Waals surface area contributed by atoms with Crippen molar-refractivity contribution in [2.24, 2.45) is 0 Å².